The number of hydrogen-bond donors (Lipinski definition) is 0. The summed E-state index contributed by atoms with van der Waals surface area (Å²) in [5.41, 5.74) is 0. The summed E-state index contributed by atoms with van der Waals surface area (Å²) >= 11 is 0. The SMILES string of the molecule is C1CCC[C](C2CCCCO2)CCC1. The third-order valence-corrected chi connectivity index (χ3v) is 3.63. The molecular formula is C13H23O. The highest BCUT2D eigenvalue weighted by Crippen LogP contribution is 2.32. The van der Waals surface area contributed by atoms with Gasteiger partial charge in [-0.3, -0.25) is 0 Å². The highest BCUT2D eigenvalue weighted by Gasteiger charge is 2.24. The van der Waals surface area contributed by atoms with E-state index in [1.54, 1.807) is 5.92 Å². The smallest absolute Gasteiger partial charge is 0.0637 e. The van der Waals surface area contributed by atoms with Crippen LogP contribution in [0.3, 0.4) is 0 Å². The van der Waals surface area contributed by atoms with Crippen molar-refractivity contribution in [3.8, 4) is 0 Å². The monoisotopic (exact) mass is 195 g/mol. The molecule has 0 spiro atoms. The maximum Gasteiger partial charge on any atom is 0.0637 e. The van der Waals surface area contributed by atoms with E-state index in [1.807, 2.05) is 0 Å². The lowest BCUT2D eigenvalue weighted by Gasteiger charge is -2.31. The van der Waals surface area contributed by atoms with E-state index in [0.29, 0.717) is 6.10 Å². The Morgan fingerprint density at radius 1 is 0.786 bits per heavy atom. The Morgan fingerprint density at radius 2 is 1.50 bits per heavy atom. The fourth-order valence-corrected chi connectivity index (χ4v) is 2.74. The third-order valence-electron chi connectivity index (χ3n) is 3.63. The normalized spacial score (nSPS) is 32.1. The van der Waals surface area contributed by atoms with Gasteiger partial charge in [0.25, 0.3) is 0 Å². The van der Waals surface area contributed by atoms with E-state index < -0.39 is 0 Å². The van der Waals surface area contributed by atoms with E-state index in [4.69, 9.17) is 4.74 Å². The van der Waals surface area contributed by atoms with Crippen molar-refractivity contribution in [2.75, 3.05) is 6.61 Å². The van der Waals surface area contributed by atoms with Gasteiger partial charge in [0, 0.05) is 12.5 Å². The second-order valence-electron chi connectivity index (χ2n) is 4.78. The molecule has 1 heteroatoms. The van der Waals surface area contributed by atoms with Gasteiger partial charge in [-0.2, -0.15) is 0 Å². The van der Waals surface area contributed by atoms with Gasteiger partial charge < -0.3 is 4.74 Å². The van der Waals surface area contributed by atoms with Crippen molar-refractivity contribution in [2.24, 2.45) is 0 Å². The molecule has 2 fully saturated rings. The molecule has 0 amide bonds. The highest BCUT2D eigenvalue weighted by molar-refractivity contribution is 4.99. The minimum Gasteiger partial charge on any atom is -0.378 e. The second kappa shape index (κ2) is 5.75. The van der Waals surface area contributed by atoms with Crippen LogP contribution in [0.2, 0.25) is 0 Å². The van der Waals surface area contributed by atoms with E-state index in [1.165, 1.54) is 64.2 Å². The van der Waals surface area contributed by atoms with Crippen LogP contribution in [0.15, 0.2) is 0 Å². The molecule has 1 saturated carbocycles. The van der Waals surface area contributed by atoms with Crippen LogP contribution in [-0.2, 0) is 4.74 Å². The van der Waals surface area contributed by atoms with E-state index in [-0.39, 0.29) is 0 Å². The third kappa shape index (κ3) is 2.98. The van der Waals surface area contributed by atoms with E-state index in [0.717, 1.165) is 6.61 Å². The molecule has 2 aliphatic rings. The second-order valence-corrected chi connectivity index (χ2v) is 4.78. The van der Waals surface area contributed by atoms with Crippen molar-refractivity contribution in [2.45, 2.75) is 70.3 Å². The molecule has 1 unspecified atom stereocenters. The molecule has 0 aromatic carbocycles. The average Bonchev–Trinajstić information content (AvgIpc) is 2.18. The average molecular weight is 195 g/mol. The summed E-state index contributed by atoms with van der Waals surface area (Å²) < 4.78 is 5.88. The molecule has 14 heavy (non-hydrogen) atoms. The van der Waals surface area contributed by atoms with Gasteiger partial charge >= 0.3 is 0 Å². The standard InChI is InChI=1S/C13H23O/c1-2-4-8-12(9-5-3-1)13-10-6-7-11-14-13/h13H,1-11H2. The molecule has 1 atom stereocenters. The number of ether oxygens (including phenoxy) is 1. The molecule has 1 saturated heterocycles. The molecule has 1 aliphatic heterocycles. The number of rotatable bonds is 1. The summed E-state index contributed by atoms with van der Waals surface area (Å²) in [6, 6.07) is 0. The van der Waals surface area contributed by atoms with Crippen LogP contribution in [0.1, 0.15) is 64.2 Å². The lowest BCUT2D eigenvalue weighted by Crippen LogP contribution is -2.27. The molecule has 1 radical (unpaired) electrons. The van der Waals surface area contributed by atoms with Gasteiger partial charge in [0.2, 0.25) is 0 Å². The molecular weight excluding hydrogens is 172 g/mol. The molecule has 81 valence electrons. The Hall–Kier alpha value is -0.0400. The van der Waals surface area contributed by atoms with Gasteiger partial charge in [0.15, 0.2) is 0 Å². The summed E-state index contributed by atoms with van der Waals surface area (Å²) in [5.74, 6) is 1.74. The molecule has 0 N–H and O–H groups in total. The van der Waals surface area contributed by atoms with Crippen molar-refractivity contribution in [3.63, 3.8) is 0 Å². The van der Waals surface area contributed by atoms with Gasteiger partial charge in [-0.25, -0.2) is 0 Å². The summed E-state index contributed by atoms with van der Waals surface area (Å²) in [5, 5.41) is 0. The Morgan fingerprint density at radius 3 is 2.14 bits per heavy atom. The Kier molecular flexibility index (Phi) is 4.30. The Labute approximate surface area is 88.2 Å². The lowest BCUT2D eigenvalue weighted by atomic mass is 9.84. The molecule has 0 aromatic rings. The molecule has 2 rings (SSSR count). The van der Waals surface area contributed by atoms with Crippen molar-refractivity contribution < 1.29 is 4.74 Å². The van der Waals surface area contributed by atoms with Gasteiger partial charge in [0.05, 0.1) is 6.10 Å². The largest absolute Gasteiger partial charge is 0.378 e. The minimum absolute atomic E-state index is 0.543. The predicted octanol–water partition coefficient (Wildman–Crippen LogP) is 3.87. The van der Waals surface area contributed by atoms with Crippen LogP contribution in [-0.4, -0.2) is 12.7 Å². The molecule has 0 bridgehead atoms. The van der Waals surface area contributed by atoms with Gasteiger partial charge in [-0.05, 0) is 32.1 Å². The zero-order valence-electron chi connectivity index (χ0n) is 9.26. The van der Waals surface area contributed by atoms with Crippen LogP contribution in [0.5, 0.6) is 0 Å². The maximum atomic E-state index is 5.88. The van der Waals surface area contributed by atoms with Crippen molar-refractivity contribution in [1.29, 1.82) is 0 Å². The van der Waals surface area contributed by atoms with Gasteiger partial charge in [0.1, 0.15) is 0 Å². The minimum atomic E-state index is 0.543. The van der Waals surface area contributed by atoms with Crippen molar-refractivity contribution in [1.82, 2.24) is 0 Å². The summed E-state index contributed by atoms with van der Waals surface area (Å²) in [4.78, 5) is 0. The van der Waals surface area contributed by atoms with Crippen molar-refractivity contribution in [3.05, 3.63) is 5.92 Å². The molecule has 0 aromatic heterocycles. The van der Waals surface area contributed by atoms with Crippen LogP contribution in [0, 0.1) is 5.92 Å². The van der Waals surface area contributed by atoms with Crippen LogP contribution in [0.25, 0.3) is 0 Å². The molecule has 1 nitrogen and oxygen atoms in total. The first-order chi connectivity index (χ1) is 6.97. The Bertz CT molecular complexity index is 141. The van der Waals surface area contributed by atoms with E-state index in [2.05, 4.69) is 0 Å². The highest BCUT2D eigenvalue weighted by atomic mass is 16.5. The Balaban J connectivity index is 1.80. The summed E-state index contributed by atoms with van der Waals surface area (Å²) in [7, 11) is 0. The maximum absolute atomic E-state index is 5.88. The van der Waals surface area contributed by atoms with Crippen LogP contribution < -0.4 is 0 Å². The fourth-order valence-electron chi connectivity index (χ4n) is 2.74. The zero-order valence-corrected chi connectivity index (χ0v) is 9.26. The fraction of sp³-hybridized carbons (Fsp3) is 0.923. The number of hydrogen-bond acceptors (Lipinski definition) is 1. The first-order valence-corrected chi connectivity index (χ1v) is 6.43. The predicted molar refractivity (Wildman–Crippen MR) is 59.2 cm³/mol. The zero-order chi connectivity index (χ0) is 9.64. The quantitative estimate of drug-likeness (QED) is 0.617. The summed E-state index contributed by atoms with van der Waals surface area (Å²) in [6.45, 7) is 1.01. The van der Waals surface area contributed by atoms with Gasteiger partial charge in [-0.15, -0.1) is 0 Å². The van der Waals surface area contributed by atoms with Crippen LogP contribution >= 0.6 is 0 Å². The van der Waals surface area contributed by atoms with E-state index >= 15 is 0 Å². The molecule has 1 aliphatic carbocycles. The first kappa shape index (κ1) is 10.5. The lowest BCUT2D eigenvalue weighted by molar-refractivity contribution is 0.0190. The van der Waals surface area contributed by atoms with E-state index in [9.17, 15) is 0 Å². The van der Waals surface area contributed by atoms with Crippen LogP contribution in [0.4, 0.5) is 0 Å². The topological polar surface area (TPSA) is 9.23 Å². The van der Waals surface area contributed by atoms with Gasteiger partial charge in [-0.1, -0.05) is 32.1 Å². The summed E-state index contributed by atoms with van der Waals surface area (Å²) in [6.07, 6.45) is 14.4. The van der Waals surface area contributed by atoms with Crippen molar-refractivity contribution >= 4 is 0 Å². The first-order valence-electron chi connectivity index (χ1n) is 6.43. The molecule has 1 heterocycles.